The lowest BCUT2D eigenvalue weighted by molar-refractivity contribution is -0.0642. The van der Waals surface area contributed by atoms with Crippen LogP contribution in [0.5, 0.6) is 0 Å². The molecule has 1 heterocycles. The van der Waals surface area contributed by atoms with E-state index in [0.29, 0.717) is 40.1 Å². The van der Waals surface area contributed by atoms with Gasteiger partial charge in [-0.05, 0) is 73.7 Å². The minimum absolute atomic E-state index is 0.138. The fraction of sp³-hybridized carbons (Fsp3) is 0.321. The quantitative estimate of drug-likeness (QED) is 0.344. The third-order valence-electron chi connectivity index (χ3n) is 6.79. The average molecular weight is 517 g/mol. The SMILES string of the molecule is Cc1cc([C@]2(O)CCN(CCCc3ccccc3)CC2C(=O)c2ccc(Cl)c(Cl)c2)ccc1Cl. The third-order valence-corrected chi connectivity index (χ3v) is 7.95. The van der Waals surface area contributed by atoms with E-state index in [9.17, 15) is 9.90 Å². The lowest BCUT2D eigenvalue weighted by Crippen LogP contribution is -2.53. The Morgan fingerprint density at radius 2 is 1.74 bits per heavy atom. The number of hydrogen-bond donors (Lipinski definition) is 1. The molecule has 1 saturated heterocycles. The Morgan fingerprint density at radius 3 is 2.44 bits per heavy atom. The van der Waals surface area contributed by atoms with Gasteiger partial charge in [0.15, 0.2) is 5.78 Å². The van der Waals surface area contributed by atoms with E-state index in [1.54, 1.807) is 24.3 Å². The Morgan fingerprint density at radius 1 is 1.00 bits per heavy atom. The predicted molar refractivity (Wildman–Crippen MR) is 140 cm³/mol. The lowest BCUT2D eigenvalue weighted by atomic mass is 9.72. The molecule has 1 N–H and O–H groups in total. The minimum Gasteiger partial charge on any atom is -0.384 e. The fourth-order valence-corrected chi connectivity index (χ4v) is 5.18. The zero-order chi connectivity index (χ0) is 24.3. The first-order valence-electron chi connectivity index (χ1n) is 11.5. The van der Waals surface area contributed by atoms with E-state index in [2.05, 4.69) is 29.2 Å². The highest BCUT2D eigenvalue weighted by atomic mass is 35.5. The molecule has 0 amide bonds. The summed E-state index contributed by atoms with van der Waals surface area (Å²) in [5.41, 5.74) is 2.05. The van der Waals surface area contributed by atoms with Gasteiger partial charge >= 0.3 is 0 Å². The number of benzene rings is 3. The number of carbonyl (C=O) groups excluding carboxylic acids is 1. The Kier molecular flexibility index (Phi) is 8.01. The van der Waals surface area contributed by atoms with Crippen molar-refractivity contribution >= 4 is 40.6 Å². The number of likely N-dealkylation sites (tertiary alicyclic amines) is 1. The van der Waals surface area contributed by atoms with Gasteiger partial charge in [-0.2, -0.15) is 0 Å². The fourth-order valence-electron chi connectivity index (χ4n) is 4.77. The van der Waals surface area contributed by atoms with Gasteiger partial charge in [0.1, 0.15) is 5.60 Å². The van der Waals surface area contributed by atoms with Crippen LogP contribution < -0.4 is 0 Å². The van der Waals surface area contributed by atoms with E-state index in [1.165, 1.54) is 5.56 Å². The molecule has 1 fully saturated rings. The molecular formula is C28H28Cl3NO2. The van der Waals surface area contributed by atoms with E-state index in [4.69, 9.17) is 34.8 Å². The highest BCUT2D eigenvalue weighted by molar-refractivity contribution is 6.42. The van der Waals surface area contributed by atoms with Crippen molar-refractivity contribution in [1.82, 2.24) is 4.90 Å². The molecule has 0 spiro atoms. The zero-order valence-corrected chi connectivity index (χ0v) is 21.4. The molecule has 2 atom stereocenters. The molecule has 6 heteroatoms. The molecule has 3 aromatic rings. The van der Waals surface area contributed by atoms with Gasteiger partial charge in [0, 0.05) is 23.7 Å². The summed E-state index contributed by atoms with van der Waals surface area (Å²) in [5.74, 6) is -0.780. The number of aliphatic hydroxyl groups is 1. The van der Waals surface area contributed by atoms with E-state index < -0.39 is 11.5 Å². The maximum absolute atomic E-state index is 13.7. The Balaban J connectivity index is 1.59. The summed E-state index contributed by atoms with van der Waals surface area (Å²) in [7, 11) is 0. The Labute approximate surface area is 216 Å². The number of hydrogen-bond acceptors (Lipinski definition) is 3. The summed E-state index contributed by atoms with van der Waals surface area (Å²) in [4.78, 5) is 16.0. The zero-order valence-electron chi connectivity index (χ0n) is 19.1. The average Bonchev–Trinajstić information content (AvgIpc) is 2.84. The summed E-state index contributed by atoms with van der Waals surface area (Å²) < 4.78 is 0. The van der Waals surface area contributed by atoms with Gasteiger partial charge in [-0.3, -0.25) is 4.79 Å². The number of carbonyl (C=O) groups is 1. The number of halogens is 3. The molecule has 34 heavy (non-hydrogen) atoms. The van der Waals surface area contributed by atoms with E-state index in [1.807, 2.05) is 25.1 Å². The van der Waals surface area contributed by atoms with Gasteiger partial charge in [-0.25, -0.2) is 0 Å². The topological polar surface area (TPSA) is 40.5 Å². The molecule has 1 aliphatic rings. The Hall–Kier alpha value is -1.88. The molecule has 0 aromatic heterocycles. The summed E-state index contributed by atoms with van der Waals surface area (Å²) in [6, 6.07) is 20.8. The molecule has 0 saturated carbocycles. The normalized spacial score (nSPS) is 20.9. The summed E-state index contributed by atoms with van der Waals surface area (Å²) >= 11 is 18.5. The molecule has 1 unspecified atom stereocenters. The van der Waals surface area contributed by atoms with Crippen molar-refractivity contribution in [3.8, 4) is 0 Å². The molecule has 1 aliphatic heterocycles. The minimum atomic E-state index is -1.30. The van der Waals surface area contributed by atoms with Gasteiger partial charge in [-0.15, -0.1) is 0 Å². The van der Waals surface area contributed by atoms with Gasteiger partial charge in [0.25, 0.3) is 0 Å². The van der Waals surface area contributed by atoms with Crippen LogP contribution in [0.1, 0.15) is 39.9 Å². The third kappa shape index (κ3) is 5.50. The molecule has 0 bridgehead atoms. The van der Waals surface area contributed by atoms with Crippen molar-refractivity contribution < 1.29 is 9.90 Å². The van der Waals surface area contributed by atoms with Crippen LogP contribution in [0.2, 0.25) is 15.1 Å². The molecule has 4 rings (SSSR count). The summed E-state index contributed by atoms with van der Waals surface area (Å²) in [5, 5.41) is 13.3. The van der Waals surface area contributed by atoms with E-state index >= 15 is 0 Å². The second kappa shape index (κ2) is 10.8. The predicted octanol–water partition coefficient (Wildman–Crippen LogP) is 6.98. The number of nitrogens with zero attached hydrogens (tertiary/aromatic N) is 1. The second-order valence-corrected chi connectivity index (χ2v) is 10.3. The highest BCUT2D eigenvalue weighted by Gasteiger charge is 2.46. The monoisotopic (exact) mass is 515 g/mol. The van der Waals surface area contributed by atoms with Gasteiger partial charge < -0.3 is 10.0 Å². The van der Waals surface area contributed by atoms with Crippen LogP contribution in [0.25, 0.3) is 0 Å². The summed E-state index contributed by atoms with van der Waals surface area (Å²) in [6.07, 6.45) is 2.41. The van der Waals surface area contributed by atoms with Crippen LogP contribution in [0.15, 0.2) is 66.7 Å². The highest BCUT2D eigenvalue weighted by Crippen LogP contribution is 2.41. The number of aryl methyl sites for hydroxylation is 2. The number of piperidine rings is 1. The molecule has 0 radical (unpaired) electrons. The molecule has 0 aliphatic carbocycles. The first-order valence-corrected chi connectivity index (χ1v) is 12.7. The number of rotatable bonds is 7. The largest absolute Gasteiger partial charge is 0.384 e. The lowest BCUT2D eigenvalue weighted by Gasteiger charge is -2.44. The first-order chi connectivity index (χ1) is 16.3. The van der Waals surface area contributed by atoms with Crippen molar-refractivity contribution in [3.63, 3.8) is 0 Å². The van der Waals surface area contributed by atoms with E-state index in [-0.39, 0.29) is 5.78 Å². The Bertz CT molecular complexity index is 1170. The molecular weight excluding hydrogens is 489 g/mol. The summed E-state index contributed by atoms with van der Waals surface area (Å²) in [6.45, 7) is 3.93. The van der Waals surface area contributed by atoms with Crippen molar-refractivity contribution in [2.75, 3.05) is 19.6 Å². The standard InChI is InChI=1S/C28H28Cl3NO2/c1-19-16-22(10-12-24(19)29)28(34)13-15-32(14-5-8-20-6-3-2-4-7-20)18-23(28)27(33)21-9-11-25(30)26(31)17-21/h2-4,6-7,9-12,16-17,23,34H,5,8,13-15,18H2,1H3/t23?,28-/m1/s1. The van der Waals surface area contributed by atoms with Crippen molar-refractivity contribution in [2.45, 2.75) is 31.8 Å². The van der Waals surface area contributed by atoms with Crippen LogP contribution in [0.4, 0.5) is 0 Å². The number of ketones is 1. The first kappa shape index (κ1) is 25.2. The van der Waals surface area contributed by atoms with E-state index in [0.717, 1.165) is 30.5 Å². The van der Waals surface area contributed by atoms with Crippen LogP contribution >= 0.6 is 34.8 Å². The van der Waals surface area contributed by atoms with Gasteiger partial charge in [-0.1, -0.05) is 77.3 Å². The van der Waals surface area contributed by atoms with Gasteiger partial charge in [0.2, 0.25) is 0 Å². The van der Waals surface area contributed by atoms with Crippen molar-refractivity contribution in [2.24, 2.45) is 5.92 Å². The maximum Gasteiger partial charge on any atom is 0.170 e. The van der Waals surface area contributed by atoms with Crippen molar-refractivity contribution in [1.29, 1.82) is 0 Å². The molecule has 178 valence electrons. The van der Waals surface area contributed by atoms with Crippen LogP contribution in [0.3, 0.4) is 0 Å². The van der Waals surface area contributed by atoms with Gasteiger partial charge in [0.05, 0.1) is 16.0 Å². The smallest absolute Gasteiger partial charge is 0.170 e. The maximum atomic E-state index is 13.7. The van der Waals surface area contributed by atoms with Crippen LogP contribution in [-0.2, 0) is 12.0 Å². The van der Waals surface area contributed by atoms with Crippen molar-refractivity contribution in [3.05, 3.63) is 104 Å². The number of Topliss-reactive ketones (excluding diaryl/α,β-unsaturated/α-hetero) is 1. The molecule has 3 aromatic carbocycles. The van der Waals surface area contributed by atoms with Crippen LogP contribution in [0, 0.1) is 12.8 Å². The van der Waals surface area contributed by atoms with Crippen LogP contribution in [-0.4, -0.2) is 35.4 Å². The molecule has 3 nitrogen and oxygen atoms in total. The second-order valence-electron chi connectivity index (χ2n) is 9.07.